The third-order valence-corrected chi connectivity index (χ3v) is 9.56. The number of carbonyl (C=O) groups excluding carboxylic acids is 2. The van der Waals surface area contributed by atoms with Crippen molar-refractivity contribution in [2.45, 2.75) is 75.9 Å². The van der Waals surface area contributed by atoms with Gasteiger partial charge in [-0.25, -0.2) is 8.42 Å². The Bertz CT molecular complexity index is 1510. The highest BCUT2D eigenvalue weighted by atomic mass is 32.2. The fourth-order valence-electron chi connectivity index (χ4n) is 5.34. The fraction of sp³-hybridized carbons (Fsp3) is 0.375. The smallest absolute Gasteiger partial charge is 0.269 e. The number of benzene rings is 3. The highest BCUT2D eigenvalue weighted by Crippen LogP contribution is 2.27. The first-order valence-electron chi connectivity index (χ1n) is 14.6. The Morgan fingerprint density at radius 2 is 1.58 bits per heavy atom. The van der Waals surface area contributed by atoms with Gasteiger partial charge in [-0.15, -0.1) is 0 Å². The lowest BCUT2D eigenvalue weighted by atomic mass is 9.95. The summed E-state index contributed by atoms with van der Waals surface area (Å²) in [6, 6.07) is 19.5. The largest absolute Gasteiger partial charge is 0.352 e. The maximum atomic E-state index is 14.2. The maximum Gasteiger partial charge on any atom is 0.269 e. The number of nitrogens with zero attached hydrogens (tertiary/aromatic N) is 3. The molecule has 1 saturated carbocycles. The Labute approximate surface area is 252 Å². The summed E-state index contributed by atoms with van der Waals surface area (Å²) in [7, 11) is -4.25. The van der Waals surface area contributed by atoms with E-state index >= 15 is 0 Å². The molecule has 10 nitrogen and oxygen atoms in total. The molecule has 228 valence electrons. The lowest BCUT2D eigenvalue weighted by Gasteiger charge is -2.34. The van der Waals surface area contributed by atoms with E-state index in [1.807, 2.05) is 38.1 Å². The van der Waals surface area contributed by atoms with Crippen LogP contribution < -0.4 is 9.62 Å². The van der Waals surface area contributed by atoms with Crippen molar-refractivity contribution in [3.8, 4) is 0 Å². The summed E-state index contributed by atoms with van der Waals surface area (Å²) in [4.78, 5) is 39.9. The summed E-state index contributed by atoms with van der Waals surface area (Å²) in [5.41, 5.74) is 1.73. The summed E-state index contributed by atoms with van der Waals surface area (Å²) in [5, 5.41) is 14.4. The van der Waals surface area contributed by atoms with Gasteiger partial charge in [0.1, 0.15) is 12.6 Å². The number of carbonyl (C=O) groups is 2. The van der Waals surface area contributed by atoms with E-state index in [0.717, 1.165) is 47.5 Å². The monoisotopic (exact) mass is 606 g/mol. The van der Waals surface area contributed by atoms with Crippen molar-refractivity contribution in [3.05, 3.63) is 100 Å². The summed E-state index contributed by atoms with van der Waals surface area (Å²) in [6.45, 7) is 3.29. The molecule has 0 unspecified atom stereocenters. The Morgan fingerprint density at radius 1 is 0.953 bits per heavy atom. The van der Waals surface area contributed by atoms with E-state index < -0.39 is 33.4 Å². The molecule has 2 amide bonds. The average Bonchev–Trinajstić information content (AvgIpc) is 3.01. The van der Waals surface area contributed by atoms with Crippen molar-refractivity contribution in [2.24, 2.45) is 0 Å². The van der Waals surface area contributed by atoms with Crippen LogP contribution in [0.5, 0.6) is 0 Å². The van der Waals surface area contributed by atoms with Crippen LogP contribution in [-0.2, 0) is 26.2 Å². The Kier molecular flexibility index (Phi) is 10.5. The number of non-ortho nitro benzene ring substituents is 1. The summed E-state index contributed by atoms with van der Waals surface area (Å²) in [6.07, 6.45) is 5.31. The number of nitrogens with one attached hydrogen (secondary N) is 1. The molecular formula is C32H38N4O6S. The van der Waals surface area contributed by atoms with E-state index in [1.165, 1.54) is 41.3 Å². The standard InChI is InChI=1S/C32H38N4O6S/c1-3-30(32(38)33-26-10-6-4-7-11-26)34(22-25-16-14-24(2)15-17-25)31(37)23-35(27-18-20-28(21-19-27)36(39)40)43(41,42)29-12-8-5-9-13-29/h5,8-9,12-21,26,30H,3-4,6-7,10-11,22-23H2,1-2H3,(H,33,38)/t30-/m1/s1. The number of nitro benzene ring substituents is 1. The van der Waals surface area contributed by atoms with Crippen LogP contribution >= 0.6 is 0 Å². The SMILES string of the molecule is CC[C@H](C(=O)NC1CCCCC1)N(Cc1ccc(C)cc1)C(=O)CN(c1ccc([N+](=O)[O-])cc1)S(=O)(=O)c1ccccc1. The average molecular weight is 607 g/mol. The lowest BCUT2D eigenvalue weighted by molar-refractivity contribution is -0.384. The van der Waals surface area contributed by atoms with Crippen molar-refractivity contribution in [3.63, 3.8) is 0 Å². The van der Waals surface area contributed by atoms with Gasteiger partial charge in [0.25, 0.3) is 15.7 Å². The minimum atomic E-state index is -4.25. The number of aryl methyl sites for hydroxylation is 1. The highest BCUT2D eigenvalue weighted by Gasteiger charge is 2.34. The quantitative estimate of drug-likeness (QED) is 0.218. The van der Waals surface area contributed by atoms with Crippen molar-refractivity contribution >= 4 is 33.2 Å². The summed E-state index contributed by atoms with van der Waals surface area (Å²) in [5.74, 6) is -0.827. The first kappa shape index (κ1) is 31.7. The second-order valence-electron chi connectivity index (χ2n) is 10.9. The number of hydrogen-bond donors (Lipinski definition) is 1. The summed E-state index contributed by atoms with van der Waals surface area (Å²) < 4.78 is 28.7. The Hall–Kier alpha value is -4.25. The van der Waals surface area contributed by atoms with Crippen molar-refractivity contribution in [1.82, 2.24) is 10.2 Å². The van der Waals surface area contributed by atoms with Crippen LogP contribution in [0.4, 0.5) is 11.4 Å². The normalized spacial score (nSPS) is 14.5. The molecule has 4 rings (SSSR count). The number of amides is 2. The third kappa shape index (κ3) is 7.98. The zero-order chi connectivity index (χ0) is 31.0. The number of nitro groups is 1. The lowest BCUT2D eigenvalue weighted by Crippen LogP contribution is -2.54. The molecular weight excluding hydrogens is 568 g/mol. The second-order valence-corrected chi connectivity index (χ2v) is 12.7. The van der Waals surface area contributed by atoms with Crippen LogP contribution in [0.2, 0.25) is 0 Å². The van der Waals surface area contributed by atoms with Crippen molar-refractivity contribution in [1.29, 1.82) is 0 Å². The molecule has 0 heterocycles. The molecule has 0 radical (unpaired) electrons. The molecule has 0 aromatic heterocycles. The number of anilines is 1. The van der Waals surface area contributed by atoms with Gasteiger partial charge in [-0.05, 0) is 56.0 Å². The van der Waals surface area contributed by atoms with Crippen LogP contribution in [-0.4, -0.2) is 48.7 Å². The Balaban J connectivity index is 1.70. The van der Waals surface area contributed by atoms with E-state index in [-0.39, 0.29) is 34.8 Å². The number of rotatable bonds is 12. The van der Waals surface area contributed by atoms with E-state index in [9.17, 15) is 28.1 Å². The zero-order valence-corrected chi connectivity index (χ0v) is 25.3. The first-order chi connectivity index (χ1) is 20.6. The highest BCUT2D eigenvalue weighted by molar-refractivity contribution is 7.92. The van der Waals surface area contributed by atoms with Gasteiger partial charge in [0, 0.05) is 24.7 Å². The van der Waals surface area contributed by atoms with Gasteiger partial charge < -0.3 is 10.2 Å². The molecule has 0 saturated heterocycles. The van der Waals surface area contributed by atoms with Gasteiger partial charge in [0.2, 0.25) is 11.8 Å². The van der Waals surface area contributed by atoms with Crippen LogP contribution in [0.3, 0.4) is 0 Å². The van der Waals surface area contributed by atoms with Crippen molar-refractivity contribution < 1.29 is 22.9 Å². The van der Waals surface area contributed by atoms with Gasteiger partial charge in [-0.2, -0.15) is 0 Å². The maximum absolute atomic E-state index is 14.2. The third-order valence-electron chi connectivity index (χ3n) is 7.77. The topological polar surface area (TPSA) is 130 Å². The molecule has 0 spiro atoms. The van der Waals surface area contributed by atoms with Gasteiger partial charge in [0.05, 0.1) is 15.5 Å². The van der Waals surface area contributed by atoms with Crippen molar-refractivity contribution in [2.75, 3.05) is 10.8 Å². The van der Waals surface area contributed by atoms with Gasteiger partial charge in [0.15, 0.2) is 0 Å². The first-order valence-corrected chi connectivity index (χ1v) is 16.0. The number of sulfonamides is 1. The van der Waals surface area contributed by atoms with Crippen LogP contribution in [0.1, 0.15) is 56.6 Å². The molecule has 1 fully saturated rings. The van der Waals surface area contributed by atoms with E-state index in [0.29, 0.717) is 6.42 Å². The molecule has 1 aliphatic carbocycles. The fourth-order valence-corrected chi connectivity index (χ4v) is 6.78. The zero-order valence-electron chi connectivity index (χ0n) is 24.5. The van der Waals surface area contributed by atoms with Gasteiger partial charge in [-0.1, -0.05) is 74.2 Å². The molecule has 3 aromatic carbocycles. The predicted octanol–water partition coefficient (Wildman–Crippen LogP) is 5.35. The van der Waals surface area contributed by atoms with E-state index in [2.05, 4.69) is 5.32 Å². The molecule has 1 atom stereocenters. The van der Waals surface area contributed by atoms with E-state index in [4.69, 9.17) is 0 Å². The predicted molar refractivity (Wildman–Crippen MR) is 165 cm³/mol. The Morgan fingerprint density at radius 3 is 2.16 bits per heavy atom. The molecule has 3 aromatic rings. The molecule has 0 bridgehead atoms. The molecule has 43 heavy (non-hydrogen) atoms. The number of hydrogen-bond acceptors (Lipinski definition) is 6. The second kappa shape index (κ2) is 14.3. The van der Waals surface area contributed by atoms with Crippen LogP contribution in [0.25, 0.3) is 0 Å². The minimum Gasteiger partial charge on any atom is -0.352 e. The molecule has 0 aliphatic heterocycles. The molecule has 1 N–H and O–H groups in total. The van der Waals surface area contributed by atoms with Gasteiger partial charge in [-0.3, -0.25) is 24.0 Å². The van der Waals surface area contributed by atoms with Gasteiger partial charge >= 0.3 is 0 Å². The molecule has 11 heteroatoms. The summed E-state index contributed by atoms with van der Waals surface area (Å²) >= 11 is 0. The van der Waals surface area contributed by atoms with Crippen LogP contribution in [0, 0.1) is 17.0 Å². The molecule has 1 aliphatic rings. The van der Waals surface area contributed by atoms with Crippen LogP contribution in [0.15, 0.2) is 83.8 Å². The van der Waals surface area contributed by atoms with E-state index in [1.54, 1.807) is 18.2 Å². The minimum absolute atomic E-state index is 0.0340.